The smallest absolute Gasteiger partial charge is 0.295 e. The third-order valence-electron chi connectivity index (χ3n) is 2.00. The summed E-state index contributed by atoms with van der Waals surface area (Å²) in [6, 6.07) is 1.95. The first-order chi connectivity index (χ1) is 6.73. The van der Waals surface area contributed by atoms with Crippen molar-refractivity contribution in [1.29, 1.82) is 0 Å². The third kappa shape index (κ3) is 2.50. The zero-order valence-corrected chi connectivity index (χ0v) is 8.83. The second kappa shape index (κ2) is 3.85. The molecule has 1 aromatic rings. The highest BCUT2D eigenvalue weighted by Gasteiger charge is 2.34. The molecule has 0 unspecified atom stereocenters. The van der Waals surface area contributed by atoms with E-state index in [9.17, 15) is 18.0 Å². The van der Waals surface area contributed by atoms with E-state index in [2.05, 4.69) is 0 Å². The van der Waals surface area contributed by atoms with E-state index < -0.39 is 17.5 Å². The van der Waals surface area contributed by atoms with E-state index >= 15 is 0 Å². The molecule has 15 heavy (non-hydrogen) atoms. The van der Waals surface area contributed by atoms with Gasteiger partial charge < -0.3 is 0 Å². The molecule has 0 aliphatic rings. The number of halogens is 4. The van der Waals surface area contributed by atoms with Crippen LogP contribution < -0.4 is 0 Å². The Kier molecular flexibility index (Phi) is 3.09. The molecule has 0 saturated carbocycles. The maximum Gasteiger partial charge on any atom is 0.417 e. The van der Waals surface area contributed by atoms with Crippen LogP contribution in [0.5, 0.6) is 0 Å². The molecule has 5 heteroatoms. The molecule has 0 aliphatic carbocycles. The van der Waals surface area contributed by atoms with Crippen LogP contribution >= 0.6 is 11.6 Å². The number of aryl methyl sites for hydroxylation is 1. The van der Waals surface area contributed by atoms with Gasteiger partial charge in [0, 0.05) is 5.56 Å². The molecule has 1 rings (SSSR count). The third-order valence-corrected chi connectivity index (χ3v) is 2.31. The van der Waals surface area contributed by atoms with Crippen LogP contribution in [0.2, 0.25) is 5.02 Å². The second-order valence-electron chi connectivity index (χ2n) is 3.20. The molecular weight excluding hydrogens is 229 g/mol. The molecule has 0 radical (unpaired) electrons. The predicted molar refractivity (Wildman–Crippen MR) is 51.2 cm³/mol. The Morgan fingerprint density at radius 2 is 1.87 bits per heavy atom. The lowest BCUT2D eigenvalue weighted by Gasteiger charge is -2.11. The SMILES string of the molecule is CC(=O)c1cc(C(F)(F)F)c(Cl)cc1C. The largest absolute Gasteiger partial charge is 0.417 e. The van der Waals surface area contributed by atoms with Gasteiger partial charge in [-0.25, -0.2) is 0 Å². The van der Waals surface area contributed by atoms with Gasteiger partial charge in [-0.1, -0.05) is 11.6 Å². The topological polar surface area (TPSA) is 17.1 Å². The zero-order chi connectivity index (χ0) is 11.8. The van der Waals surface area contributed by atoms with Crippen LogP contribution in [0, 0.1) is 6.92 Å². The van der Waals surface area contributed by atoms with Crippen molar-refractivity contribution in [3.8, 4) is 0 Å². The van der Waals surface area contributed by atoms with Crippen LogP contribution in [0.1, 0.15) is 28.4 Å². The number of carbonyl (C=O) groups is 1. The fraction of sp³-hybridized carbons (Fsp3) is 0.300. The molecule has 0 amide bonds. The van der Waals surface area contributed by atoms with Crippen molar-refractivity contribution in [2.24, 2.45) is 0 Å². The number of rotatable bonds is 1. The highest BCUT2D eigenvalue weighted by molar-refractivity contribution is 6.31. The Morgan fingerprint density at radius 1 is 1.33 bits per heavy atom. The van der Waals surface area contributed by atoms with E-state index in [0.717, 1.165) is 12.1 Å². The van der Waals surface area contributed by atoms with Crippen molar-refractivity contribution in [2.45, 2.75) is 20.0 Å². The summed E-state index contributed by atoms with van der Waals surface area (Å²) in [5, 5.41) is -0.384. The van der Waals surface area contributed by atoms with Crippen molar-refractivity contribution in [3.63, 3.8) is 0 Å². The first-order valence-electron chi connectivity index (χ1n) is 4.11. The lowest BCUT2D eigenvalue weighted by Crippen LogP contribution is -2.09. The van der Waals surface area contributed by atoms with Gasteiger partial charge in [-0.2, -0.15) is 13.2 Å². The highest BCUT2D eigenvalue weighted by atomic mass is 35.5. The van der Waals surface area contributed by atoms with Gasteiger partial charge in [0.1, 0.15) is 0 Å². The fourth-order valence-corrected chi connectivity index (χ4v) is 1.59. The molecule has 0 heterocycles. The monoisotopic (exact) mass is 236 g/mol. The van der Waals surface area contributed by atoms with E-state index in [1.165, 1.54) is 6.92 Å². The minimum Gasteiger partial charge on any atom is -0.295 e. The lowest BCUT2D eigenvalue weighted by atomic mass is 10.0. The van der Waals surface area contributed by atoms with Gasteiger partial charge in [0.05, 0.1) is 10.6 Å². The molecule has 0 N–H and O–H groups in total. The number of Topliss-reactive ketones (excluding diaryl/α,β-unsaturated/α-hetero) is 1. The second-order valence-corrected chi connectivity index (χ2v) is 3.61. The van der Waals surface area contributed by atoms with Gasteiger partial charge >= 0.3 is 6.18 Å². The Balaban J connectivity index is 3.43. The van der Waals surface area contributed by atoms with E-state index in [1.54, 1.807) is 6.92 Å². The average Bonchev–Trinajstić information content (AvgIpc) is 2.00. The van der Waals surface area contributed by atoms with Crippen LogP contribution in [0.15, 0.2) is 12.1 Å². The maximum absolute atomic E-state index is 12.4. The number of hydrogen-bond acceptors (Lipinski definition) is 1. The summed E-state index contributed by atoms with van der Waals surface area (Å²) < 4.78 is 37.3. The van der Waals surface area contributed by atoms with Crippen molar-refractivity contribution >= 4 is 17.4 Å². The first kappa shape index (κ1) is 12.0. The van der Waals surface area contributed by atoms with E-state index in [4.69, 9.17) is 11.6 Å². The van der Waals surface area contributed by atoms with Crippen LogP contribution in [0.25, 0.3) is 0 Å². The van der Waals surface area contributed by atoms with Crippen molar-refractivity contribution in [3.05, 3.63) is 33.8 Å². The van der Waals surface area contributed by atoms with Crippen molar-refractivity contribution < 1.29 is 18.0 Å². The predicted octanol–water partition coefficient (Wildman–Crippen LogP) is 3.87. The minimum atomic E-state index is -4.53. The number of hydrogen-bond donors (Lipinski definition) is 0. The van der Waals surface area contributed by atoms with Crippen LogP contribution in [0.3, 0.4) is 0 Å². The first-order valence-corrected chi connectivity index (χ1v) is 4.49. The van der Waals surface area contributed by atoms with Gasteiger partial charge in [-0.15, -0.1) is 0 Å². The van der Waals surface area contributed by atoms with Gasteiger partial charge in [0.15, 0.2) is 5.78 Å². The summed E-state index contributed by atoms with van der Waals surface area (Å²) in [6.45, 7) is 2.76. The Labute approximate surface area is 89.9 Å². The molecule has 0 saturated heterocycles. The van der Waals surface area contributed by atoms with Gasteiger partial charge in [-0.3, -0.25) is 4.79 Å². The molecule has 82 valence electrons. The van der Waals surface area contributed by atoms with Crippen LogP contribution in [-0.4, -0.2) is 5.78 Å². The maximum atomic E-state index is 12.4. The Morgan fingerprint density at radius 3 is 2.27 bits per heavy atom. The summed E-state index contributed by atoms with van der Waals surface area (Å²) >= 11 is 5.46. The van der Waals surface area contributed by atoms with E-state index in [-0.39, 0.29) is 10.6 Å². The molecular formula is C10H8ClF3O. The standard InChI is InChI=1S/C10H8ClF3O/c1-5-3-9(11)8(10(12,13)14)4-7(5)6(2)15/h3-4H,1-2H3. The average molecular weight is 237 g/mol. The number of alkyl halides is 3. The summed E-state index contributed by atoms with van der Waals surface area (Å²) in [5.74, 6) is -0.408. The molecule has 0 spiro atoms. The Hall–Kier alpha value is -1.03. The summed E-state index contributed by atoms with van der Waals surface area (Å²) in [7, 11) is 0. The highest BCUT2D eigenvalue weighted by Crippen LogP contribution is 2.36. The van der Waals surface area contributed by atoms with Crippen molar-refractivity contribution in [2.75, 3.05) is 0 Å². The molecule has 0 aliphatic heterocycles. The zero-order valence-electron chi connectivity index (χ0n) is 8.07. The van der Waals surface area contributed by atoms with Crippen molar-refractivity contribution in [1.82, 2.24) is 0 Å². The fourth-order valence-electron chi connectivity index (χ4n) is 1.27. The summed E-state index contributed by atoms with van der Waals surface area (Å²) in [6.07, 6.45) is -4.53. The molecule has 1 nitrogen and oxygen atoms in total. The molecule has 0 atom stereocenters. The Bertz CT molecular complexity index is 410. The molecule has 0 bridgehead atoms. The lowest BCUT2D eigenvalue weighted by molar-refractivity contribution is -0.137. The number of carbonyl (C=O) groups excluding carboxylic acids is 1. The van der Waals surface area contributed by atoms with E-state index in [0.29, 0.717) is 5.56 Å². The molecule has 0 fully saturated rings. The summed E-state index contributed by atoms with van der Waals surface area (Å²) in [4.78, 5) is 11.0. The van der Waals surface area contributed by atoms with Gasteiger partial charge in [0.2, 0.25) is 0 Å². The van der Waals surface area contributed by atoms with Gasteiger partial charge in [-0.05, 0) is 31.5 Å². The molecule has 1 aromatic carbocycles. The number of ketones is 1. The summed E-state index contributed by atoms with van der Waals surface area (Å²) in [5.41, 5.74) is -0.479. The minimum absolute atomic E-state index is 0.0479. The van der Waals surface area contributed by atoms with Crippen LogP contribution in [0.4, 0.5) is 13.2 Å². The van der Waals surface area contributed by atoms with Gasteiger partial charge in [0.25, 0.3) is 0 Å². The number of benzene rings is 1. The van der Waals surface area contributed by atoms with E-state index in [1.807, 2.05) is 0 Å². The molecule has 0 aromatic heterocycles. The quantitative estimate of drug-likeness (QED) is 0.677. The van der Waals surface area contributed by atoms with Crippen LogP contribution in [-0.2, 0) is 6.18 Å². The normalized spacial score (nSPS) is 11.6.